The van der Waals surface area contributed by atoms with Gasteiger partial charge >= 0.3 is 0 Å². The highest BCUT2D eigenvalue weighted by Crippen LogP contribution is 2.31. The molecule has 0 heterocycles. The summed E-state index contributed by atoms with van der Waals surface area (Å²) in [5.41, 5.74) is 5.18. The second kappa shape index (κ2) is 6.28. The number of nitrogens with zero attached hydrogens (tertiary/aromatic N) is 2. The molecule has 1 rings (SSSR count). The van der Waals surface area contributed by atoms with E-state index in [1.807, 2.05) is 0 Å². The smallest absolute Gasteiger partial charge is 0.273 e. The van der Waals surface area contributed by atoms with E-state index in [-0.39, 0.29) is 30.3 Å². The molecule has 0 unspecified atom stereocenters. The minimum Gasteiger partial charge on any atom is -0.493 e. The maximum atomic E-state index is 10.6. The van der Waals surface area contributed by atoms with E-state index in [9.17, 15) is 10.1 Å². The van der Waals surface area contributed by atoms with Gasteiger partial charge in [0.25, 0.3) is 5.69 Å². The van der Waals surface area contributed by atoms with E-state index in [4.69, 9.17) is 20.4 Å². The van der Waals surface area contributed by atoms with Gasteiger partial charge in [0.1, 0.15) is 5.84 Å². The molecular weight excluding hydrogens is 242 g/mol. The first-order valence-electron chi connectivity index (χ1n) is 5.00. The number of hydrogen-bond acceptors (Lipinski definition) is 6. The van der Waals surface area contributed by atoms with E-state index in [0.29, 0.717) is 5.75 Å². The lowest BCUT2D eigenvalue weighted by molar-refractivity contribution is -0.384. The highest BCUT2D eigenvalue weighted by atomic mass is 16.6. The lowest BCUT2D eigenvalue weighted by Gasteiger charge is -2.09. The highest BCUT2D eigenvalue weighted by molar-refractivity contribution is 5.79. The van der Waals surface area contributed by atoms with Crippen molar-refractivity contribution in [2.24, 2.45) is 10.9 Å². The zero-order valence-electron chi connectivity index (χ0n) is 9.70. The van der Waals surface area contributed by atoms with Gasteiger partial charge in [0, 0.05) is 12.5 Å². The zero-order chi connectivity index (χ0) is 13.5. The molecule has 0 atom stereocenters. The van der Waals surface area contributed by atoms with Crippen LogP contribution in [0.1, 0.15) is 6.42 Å². The third-order valence-corrected chi connectivity index (χ3v) is 2.10. The largest absolute Gasteiger partial charge is 0.493 e. The molecular formula is C10H13N3O5. The number of methoxy groups -OCH3 is 1. The highest BCUT2D eigenvalue weighted by Gasteiger charge is 2.12. The fraction of sp³-hybridized carbons (Fsp3) is 0.300. The molecule has 3 N–H and O–H groups in total. The summed E-state index contributed by atoms with van der Waals surface area (Å²) in [4.78, 5) is 10.0. The van der Waals surface area contributed by atoms with E-state index >= 15 is 0 Å². The van der Waals surface area contributed by atoms with Crippen LogP contribution in [-0.4, -0.2) is 29.7 Å². The Bertz CT molecular complexity index is 461. The molecule has 0 radical (unpaired) electrons. The molecule has 0 saturated heterocycles. The van der Waals surface area contributed by atoms with Crippen molar-refractivity contribution in [3.63, 3.8) is 0 Å². The number of non-ortho nitro benzene ring substituents is 1. The maximum Gasteiger partial charge on any atom is 0.273 e. The summed E-state index contributed by atoms with van der Waals surface area (Å²) in [6, 6.07) is 4.00. The monoisotopic (exact) mass is 255 g/mol. The van der Waals surface area contributed by atoms with E-state index in [0.717, 1.165) is 0 Å². The molecule has 0 aromatic heterocycles. The minimum atomic E-state index is -0.525. The Morgan fingerprint density at radius 1 is 1.56 bits per heavy atom. The summed E-state index contributed by atoms with van der Waals surface area (Å²) in [6.07, 6.45) is 0.233. The Morgan fingerprint density at radius 2 is 2.28 bits per heavy atom. The van der Waals surface area contributed by atoms with Crippen LogP contribution in [0.15, 0.2) is 23.4 Å². The SMILES string of the molecule is COc1cc([N+](=O)[O-])ccc1OCCC(N)=NO. The second-order valence-electron chi connectivity index (χ2n) is 3.28. The number of nitrogens with two attached hydrogens (primary N) is 1. The van der Waals surface area contributed by atoms with Crippen molar-refractivity contribution >= 4 is 11.5 Å². The van der Waals surface area contributed by atoms with Gasteiger partial charge in [-0.05, 0) is 6.07 Å². The number of nitro benzene ring substituents is 1. The summed E-state index contributed by atoms with van der Waals surface area (Å²) in [5.74, 6) is 0.647. The maximum absolute atomic E-state index is 10.6. The van der Waals surface area contributed by atoms with Crippen LogP contribution in [0.25, 0.3) is 0 Å². The van der Waals surface area contributed by atoms with Gasteiger partial charge in [-0.25, -0.2) is 0 Å². The molecule has 1 aromatic rings. The van der Waals surface area contributed by atoms with Crippen molar-refractivity contribution in [3.05, 3.63) is 28.3 Å². The number of rotatable bonds is 6. The first-order chi connectivity index (χ1) is 8.58. The molecule has 1 aromatic carbocycles. The molecule has 0 amide bonds. The van der Waals surface area contributed by atoms with Gasteiger partial charge in [0.05, 0.1) is 24.7 Å². The van der Waals surface area contributed by atoms with Crippen molar-refractivity contribution in [1.29, 1.82) is 0 Å². The first kappa shape index (κ1) is 13.6. The standard InChI is InChI=1S/C10H13N3O5/c1-17-9-6-7(13(15)16)2-3-8(9)18-5-4-10(11)12-14/h2-3,6,14H,4-5H2,1H3,(H2,11,12). The average Bonchev–Trinajstić information content (AvgIpc) is 2.38. The Hall–Kier alpha value is -2.51. The number of ether oxygens (including phenoxy) is 2. The fourth-order valence-corrected chi connectivity index (χ4v) is 1.20. The van der Waals surface area contributed by atoms with Crippen molar-refractivity contribution in [2.75, 3.05) is 13.7 Å². The lowest BCUT2D eigenvalue weighted by atomic mass is 10.3. The Kier molecular flexibility index (Phi) is 4.73. The van der Waals surface area contributed by atoms with Crippen LogP contribution in [0.5, 0.6) is 11.5 Å². The second-order valence-corrected chi connectivity index (χ2v) is 3.28. The summed E-state index contributed by atoms with van der Waals surface area (Å²) >= 11 is 0. The number of amidine groups is 1. The van der Waals surface area contributed by atoms with Crippen LogP contribution in [-0.2, 0) is 0 Å². The van der Waals surface area contributed by atoms with Gasteiger partial charge in [-0.1, -0.05) is 5.16 Å². The molecule has 0 spiro atoms. The molecule has 98 valence electrons. The van der Waals surface area contributed by atoms with Crippen LogP contribution in [0.3, 0.4) is 0 Å². The summed E-state index contributed by atoms with van der Waals surface area (Å²) in [7, 11) is 1.38. The number of benzene rings is 1. The van der Waals surface area contributed by atoms with Gasteiger partial charge in [-0.15, -0.1) is 0 Å². The molecule has 18 heavy (non-hydrogen) atoms. The Balaban J connectivity index is 2.74. The summed E-state index contributed by atoms with van der Waals surface area (Å²) < 4.78 is 10.3. The molecule has 0 aliphatic heterocycles. The van der Waals surface area contributed by atoms with Crippen LogP contribution < -0.4 is 15.2 Å². The van der Waals surface area contributed by atoms with Gasteiger partial charge in [-0.3, -0.25) is 10.1 Å². The third-order valence-electron chi connectivity index (χ3n) is 2.10. The van der Waals surface area contributed by atoms with Crippen LogP contribution >= 0.6 is 0 Å². The molecule has 0 saturated carbocycles. The molecule has 0 fully saturated rings. The van der Waals surface area contributed by atoms with E-state index in [1.165, 1.54) is 25.3 Å². The molecule has 0 aliphatic rings. The van der Waals surface area contributed by atoms with Crippen LogP contribution in [0.2, 0.25) is 0 Å². The van der Waals surface area contributed by atoms with Crippen molar-refractivity contribution in [1.82, 2.24) is 0 Å². The van der Waals surface area contributed by atoms with E-state index in [2.05, 4.69) is 5.16 Å². The van der Waals surface area contributed by atoms with Gasteiger partial charge in [0.15, 0.2) is 11.5 Å². The van der Waals surface area contributed by atoms with Crippen LogP contribution in [0.4, 0.5) is 5.69 Å². The average molecular weight is 255 g/mol. The van der Waals surface area contributed by atoms with Crippen molar-refractivity contribution in [2.45, 2.75) is 6.42 Å². The molecule has 8 nitrogen and oxygen atoms in total. The zero-order valence-corrected chi connectivity index (χ0v) is 9.70. The van der Waals surface area contributed by atoms with E-state index in [1.54, 1.807) is 0 Å². The number of hydrogen-bond donors (Lipinski definition) is 2. The topological polar surface area (TPSA) is 120 Å². The summed E-state index contributed by atoms with van der Waals surface area (Å²) in [6.45, 7) is 0.171. The quantitative estimate of drug-likeness (QED) is 0.258. The molecule has 8 heteroatoms. The van der Waals surface area contributed by atoms with Gasteiger partial charge in [0.2, 0.25) is 0 Å². The molecule has 0 bridgehead atoms. The predicted molar refractivity (Wildman–Crippen MR) is 63.2 cm³/mol. The molecule has 0 aliphatic carbocycles. The number of oxime groups is 1. The third kappa shape index (κ3) is 3.51. The van der Waals surface area contributed by atoms with E-state index < -0.39 is 4.92 Å². The first-order valence-corrected chi connectivity index (χ1v) is 5.00. The normalized spacial score (nSPS) is 11.1. The number of nitro groups is 1. The lowest BCUT2D eigenvalue weighted by Crippen LogP contribution is -2.15. The van der Waals surface area contributed by atoms with Gasteiger partial charge in [-0.2, -0.15) is 0 Å². The van der Waals surface area contributed by atoms with Gasteiger partial charge < -0.3 is 20.4 Å². The van der Waals surface area contributed by atoms with Crippen molar-refractivity contribution < 1.29 is 19.6 Å². The Morgan fingerprint density at radius 3 is 2.83 bits per heavy atom. The Labute approximate surface area is 103 Å². The van der Waals surface area contributed by atoms with Crippen LogP contribution in [0, 0.1) is 10.1 Å². The fourth-order valence-electron chi connectivity index (χ4n) is 1.20. The predicted octanol–water partition coefficient (Wildman–Crippen LogP) is 1.12. The minimum absolute atomic E-state index is 0.0379. The summed E-state index contributed by atoms with van der Waals surface area (Å²) in [5, 5.41) is 21.7. The van der Waals surface area contributed by atoms with Crippen molar-refractivity contribution in [3.8, 4) is 11.5 Å².